The van der Waals surface area contributed by atoms with Crippen molar-refractivity contribution in [1.82, 2.24) is 0 Å². The van der Waals surface area contributed by atoms with Crippen molar-refractivity contribution in [2.75, 3.05) is 0 Å². The summed E-state index contributed by atoms with van der Waals surface area (Å²) in [4.78, 5) is 0. The average Bonchev–Trinajstić information content (AvgIpc) is 2.15. The van der Waals surface area contributed by atoms with Crippen LogP contribution in [0.15, 0.2) is 11.6 Å². The Bertz CT molecular complexity index is 138. The van der Waals surface area contributed by atoms with Crippen molar-refractivity contribution < 1.29 is 5.11 Å². The maximum atomic E-state index is 9.41. The van der Waals surface area contributed by atoms with E-state index in [0.717, 1.165) is 6.42 Å². The second kappa shape index (κ2) is 4.55. The molecule has 0 bridgehead atoms. The summed E-state index contributed by atoms with van der Waals surface area (Å²) >= 11 is 0. The van der Waals surface area contributed by atoms with E-state index in [0.29, 0.717) is 0 Å². The van der Waals surface area contributed by atoms with Gasteiger partial charge in [-0.05, 0) is 25.7 Å². The number of aliphatic hydroxyl groups is 1. The second-order valence-corrected chi connectivity index (χ2v) is 3.39. The first-order chi connectivity index (χ1) is 5.33. The fourth-order valence-electron chi connectivity index (χ4n) is 1.67. The van der Waals surface area contributed by atoms with Crippen LogP contribution < -0.4 is 0 Å². The number of rotatable bonds is 2. The Kier molecular flexibility index (Phi) is 3.64. The van der Waals surface area contributed by atoms with E-state index in [1.807, 2.05) is 0 Å². The maximum absolute atomic E-state index is 9.41. The predicted octanol–water partition coefficient (Wildman–Crippen LogP) is 2.65. The van der Waals surface area contributed by atoms with Gasteiger partial charge in [0, 0.05) is 0 Å². The van der Waals surface area contributed by atoms with E-state index in [-0.39, 0.29) is 6.10 Å². The first-order valence-electron chi connectivity index (χ1n) is 4.70. The van der Waals surface area contributed by atoms with Crippen LogP contribution in [0.1, 0.15) is 45.4 Å². The van der Waals surface area contributed by atoms with Crippen LogP contribution in [-0.2, 0) is 0 Å². The van der Waals surface area contributed by atoms with Gasteiger partial charge in [0.2, 0.25) is 0 Å². The van der Waals surface area contributed by atoms with E-state index in [1.54, 1.807) is 0 Å². The summed E-state index contributed by atoms with van der Waals surface area (Å²) in [6.45, 7) is 2.19. The first-order valence-corrected chi connectivity index (χ1v) is 4.70. The third-order valence-corrected chi connectivity index (χ3v) is 2.25. The lowest BCUT2D eigenvalue weighted by atomic mass is 10.1. The smallest absolute Gasteiger partial charge is 0.0723 e. The van der Waals surface area contributed by atoms with Crippen molar-refractivity contribution in [2.45, 2.75) is 51.6 Å². The SMILES string of the molecule is CCCC1=C[C@H](O)CCCC1. The van der Waals surface area contributed by atoms with Crippen LogP contribution in [0.25, 0.3) is 0 Å². The molecular formula is C10H18O. The molecule has 1 aliphatic rings. The fourth-order valence-corrected chi connectivity index (χ4v) is 1.67. The molecule has 0 saturated heterocycles. The molecule has 0 unspecified atom stereocenters. The van der Waals surface area contributed by atoms with Gasteiger partial charge in [0.25, 0.3) is 0 Å². The van der Waals surface area contributed by atoms with E-state index in [9.17, 15) is 5.11 Å². The van der Waals surface area contributed by atoms with Crippen molar-refractivity contribution in [2.24, 2.45) is 0 Å². The molecule has 11 heavy (non-hydrogen) atoms. The topological polar surface area (TPSA) is 20.2 Å². The Labute approximate surface area is 69.1 Å². The van der Waals surface area contributed by atoms with Gasteiger partial charge in [-0.15, -0.1) is 0 Å². The van der Waals surface area contributed by atoms with Gasteiger partial charge < -0.3 is 5.11 Å². The molecule has 1 nitrogen and oxygen atoms in total. The highest BCUT2D eigenvalue weighted by Crippen LogP contribution is 2.20. The van der Waals surface area contributed by atoms with Crippen LogP contribution in [0.3, 0.4) is 0 Å². The second-order valence-electron chi connectivity index (χ2n) is 3.39. The Morgan fingerprint density at radius 2 is 2.36 bits per heavy atom. The summed E-state index contributed by atoms with van der Waals surface area (Å²) in [6.07, 6.45) is 8.93. The minimum Gasteiger partial charge on any atom is -0.389 e. The van der Waals surface area contributed by atoms with Crippen LogP contribution in [0.2, 0.25) is 0 Å². The predicted molar refractivity (Wildman–Crippen MR) is 47.5 cm³/mol. The van der Waals surface area contributed by atoms with Gasteiger partial charge in [0.15, 0.2) is 0 Å². The summed E-state index contributed by atoms with van der Waals surface area (Å²) in [5.74, 6) is 0. The van der Waals surface area contributed by atoms with E-state index in [4.69, 9.17) is 0 Å². The molecule has 0 fully saturated rings. The Morgan fingerprint density at radius 1 is 1.55 bits per heavy atom. The molecule has 0 aromatic heterocycles. The Morgan fingerprint density at radius 3 is 3.09 bits per heavy atom. The summed E-state index contributed by atoms with van der Waals surface area (Å²) in [6, 6.07) is 0. The lowest BCUT2D eigenvalue weighted by molar-refractivity contribution is 0.211. The van der Waals surface area contributed by atoms with Gasteiger partial charge in [0.05, 0.1) is 6.10 Å². The van der Waals surface area contributed by atoms with E-state index < -0.39 is 0 Å². The largest absolute Gasteiger partial charge is 0.389 e. The highest BCUT2D eigenvalue weighted by molar-refractivity contribution is 5.06. The zero-order chi connectivity index (χ0) is 8.10. The Balaban J connectivity index is 2.45. The molecule has 0 aromatic carbocycles. The molecule has 1 N–H and O–H groups in total. The monoisotopic (exact) mass is 154 g/mol. The van der Waals surface area contributed by atoms with Gasteiger partial charge in [-0.1, -0.05) is 31.4 Å². The van der Waals surface area contributed by atoms with Gasteiger partial charge in [-0.3, -0.25) is 0 Å². The zero-order valence-corrected chi connectivity index (χ0v) is 7.34. The van der Waals surface area contributed by atoms with E-state index in [1.165, 1.54) is 37.7 Å². The molecule has 0 radical (unpaired) electrons. The molecule has 64 valence electrons. The summed E-state index contributed by atoms with van der Waals surface area (Å²) in [7, 11) is 0. The molecule has 0 aromatic rings. The van der Waals surface area contributed by atoms with Crippen molar-refractivity contribution >= 4 is 0 Å². The average molecular weight is 154 g/mol. The van der Waals surface area contributed by atoms with Crippen molar-refractivity contribution in [1.29, 1.82) is 0 Å². The minimum absolute atomic E-state index is 0.154. The third-order valence-electron chi connectivity index (χ3n) is 2.25. The molecular weight excluding hydrogens is 136 g/mol. The van der Waals surface area contributed by atoms with Crippen molar-refractivity contribution in [3.63, 3.8) is 0 Å². The fraction of sp³-hybridized carbons (Fsp3) is 0.800. The van der Waals surface area contributed by atoms with Crippen LogP contribution in [0, 0.1) is 0 Å². The third kappa shape index (κ3) is 3.06. The van der Waals surface area contributed by atoms with E-state index in [2.05, 4.69) is 13.0 Å². The highest BCUT2D eigenvalue weighted by atomic mass is 16.3. The molecule has 1 rings (SSSR count). The van der Waals surface area contributed by atoms with Crippen LogP contribution in [0.4, 0.5) is 0 Å². The normalized spacial score (nSPS) is 26.0. The Hall–Kier alpha value is -0.300. The molecule has 1 atom stereocenters. The highest BCUT2D eigenvalue weighted by Gasteiger charge is 2.07. The quantitative estimate of drug-likeness (QED) is 0.606. The van der Waals surface area contributed by atoms with Crippen LogP contribution >= 0.6 is 0 Å². The molecule has 0 spiro atoms. The first kappa shape index (κ1) is 8.79. The van der Waals surface area contributed by atoms with E-state index >= 15 is 0 Å². The van der Waals surface area contributed by atoms with Gasteiger partial charge in [-0.2, -0.15) is 0 Å². The summed E-state index contributed by atoms with van der Waals surface area (Å²) < 4.78 is 0. The van der Waals surface area contributed by atoms with Crippen molar-refractivity contribution in [3.05, 3.63) is 11.6 Å². The van der Waals surface area contributed by atoms with Crippen LogP contribution in [0.5, 0.6) is 0 Å². The van der Waals surface area contributed by atoms with Gasteiger partial charge >= 0.3 is 0 Å². The molecule has 0 heterocycles. The van der Waals surface area contributed by atoms with Crippen molar-refractivity contribution in [3.8, 4) is 0 Å². The molecule has 0 saturated carbocycles. The summed E-state index contributed by atoms with van der Waals surface area (Å²) in [5, 5.41) is 9.41. The molecule has 0 aliphatic heterocycles. The molecule has 1 aliphatic carbocycles. The lowest BCUT2D eigenvalue weighted by Crippen LogP contribution is -2.00. The number of hydrogen-bond donors (Lipinski definition) is 1. The zero-order valence-electron chi connectivity index (χ0n) is 7.34. The number of aliphatic hydroxyl groups excluding tert-OH is 1. The van der Waals surface area contributed by atoms with Gasteiger partial charge in [-0.25, -0.2) is 0 Å². The molecule has 1 heteroatoms. The van der Waals surface area contributed by atoms with Gasteiger partial charge in [0.1, 0.15) is 0 Å². The standard InChI is InChI=1S/C10H18O/c1-2-5-9-6-3-4-7-10(11)8-9/h8,10-11H,2-7H2,1H3/t10-/m1/s1. The lowest BCUT2D eigenvalue weighted by Gasteiger charge is -2.03. The number of allylic oxidation sites excluding steroid dienone is 1. The van der Waals surface area contributed by atoms with Crippen LogP contribution in [-0.4, -0.2) is 11.2 Å². The summed E-state index contributed by atoms with van der Waals surface area (Å²) in [5.41, 5.74) is 1.47. The minimum atomic E-state index is -0.154. The number of hydrogen-bond acceptors (Lipinski definition) is 1. The maximum Gasteiger partial charge on any atom is 0.0723 e. The molecule has 0 amide bonds.